The quantitative estimate of drug-likeness (QED) is 0.245. The van der Waals surface area contributed by atoms with Crippen LogP contribution in [0.4, 0.5) is 0 Å². The van der Waals surface area contributed by atoms with Crippen LogP contribution in [0.3, 0.4) is 0 Å². The molecule has 0 unspecified atom stereocenters. The highest BCUT2D eigenvalue weighted by molar-refractivity contribution is 5.71. The molecule has 0 aliphatic carbocycles. The predicted octanol–water partition coefficient (Wildman–Crippen LogP) is 1.75. The second kappa shape index (κ2) is 11.0. The van der Waals surface area contributed by atoms with Gasteiger partial charge in [-0.25, -0.2) is 4.79 Å². The van der Waals surface area contributed by atoms with Crippen molar-refractivity contribution < 1.29 is 44.9 Å². The van der Waals surface area contributed by atoms with Crippen LogP contribution in [0.1, 0.15) is 11.1 Å². The van der Waals surface area contributed by atoms with E-state index in [1.165, 1.54) is 14.3 Å². The van der Waals surface area contributed by atoms with E-state index in [-0.39, 0.29) is 34.6 Å². The monoisotopic (exact) mass is 519 g/mol. The molecule has 0 bridgehead atoms. The van der Waals surface area contributed by atoms with Crippen molar-refractivity contribution in [2.45, 2.75) is 13.8 Å². The minimum Gasteiger partial charge on any atom is -0.482 e. The summed E-state index contributed by atoms with van der Waals surface area (Å²) >= 11 is -0.215. The van der Waals surface area contributed by atoms with Crippen molar-refractivity contribution in [2.24, 2.45) is 0 Å². The molecule has 5 nitrogen and oxygen atoms in total. The number of ether oxygens (including phenoxy) is 4. The molecule has 156 valence electrons. The van der Waals surface area contributed by atoms with Gasteiger partial charge in [0.05, 0.1) is 0 Å². The molecular weight excluding hydrogens is 495 g/mol. The highest BCUT2D eigenvalue weighted by Gasteiger charge is 2.18. The van der Waals surface area contributed by atoms with Crippen molar-refractivity contribution in [3.8, 4) is 17.2 Å². The van der Waals surface area contributed by atoms with Crippen LogP contribution in [0.15, 0.2) is 66.7 Å². The molecule has 0 heterocycles. The van der Waals surface area contributed by atoms with E-state index < -0.39 is 5.97 Å². The van der Waals surface area contributed by atoms with Gasteiger partial charge in [0.2, 0.25) is 0 Å². The Morgan fingerprint density at radius 2 is 1.50 bits per heavy atom. The number of rotatable bonds is 9. The number of hydrogen-bond donors (Lipinski definition) is 0. The average molecular weight is 519 g/mol. The Bertz CT molecular complexity index is 948. The largest absolute Gasteiger partial charge is 0.482 e. The first-order valence-electron chi connectivity index (χ1n) is 9.41. The Balaban J connectivity index is 1.62. The van der Waals surface area contributed by atoms with Gasteiger partial charge in [-0.1, -0.05) is 18.2 Å². The van der Waals surface area contributed by atoms with Crippen molar-refractivity contribution in [2.75, 3.05) is 20.5 Å². The third-order valence-electron chi connectivity index (χ3n) is 4.11. The lowest BCUT2D eigenvalue weighted by Gasteiger charge is -2.12. The molecule has 0 amide bonds. The summed E-state index contributed by atoms with van der Waals surface area (Å²) in [7, 11) is 1.45. The Labute approximate surface area is 187 Å². The smallest absolute Gasteiger partial charge is 0.357 e. The van der Waals surface area contributed by atoms with Gasteiger partial charge in [-0.3, -0.25) is 0 Å². The number of benzene rings is 3. The Morgan fingerprint density at radius 3 is 2.13 bits per heavy atom. The molecule has 0 N–H and O–H groups in total. The SMILES string of the molecule is COCOC(=O)COc1ccc(Oc2c(C)cc([I+]c3ccccc3)cc2C)cc1. The summed E-state index contributed by atoms with van der Waals surface area (Å²) in [5, 5.41) is 0. The van der Waals surface area contributed by atoms with Gasteiger partial charge in [0.1, 0.15) is 17.2 Å². The van der Waals surface area contributed by atoms with Gasteiger partial charge in [0, 0.05) is 7.11 Å². The van der Waals surface area contributed by atoms with E-state index in [9.17, 15) is 4.79 Å². The lowest BCUT2D eigenvalue weighted by molar-refractivity contribution is -0.597. The summed E-state index contributed by atoms with van der Waals surface area (Å²) < 4.78 is 23.8. The fourth-order valence-corrected chi connectivity index (χ4v) is 5.49. The first-order chi connectivity index (χ1) is 14.5. The molecular formula is C24H24IO5+. The van der Waals surface area contributed by atoms with Gasteiger partial charge in [-0.2, -0.15) is 0 Å². The molecule has 0 fully saturated rings. The number of hydrogen-bond acceptors (Lipinski definition) is 5. The standard InChI is InChI=1S/C24H24IO5/c1-17-13-20(25-19-7-5-4-6-8-19)14-18(2)24(17)30-22-11-9-21(10-12-22)28-15-23(26)29-16-27-3/h4-14H,15-16H2,1-3H3/q+1. The summed E-state index contributed by atoms with van der Waals surface area (Å²) in [6.07, 6.45) is 0. The molecule has 0 atom stereocenters. The molecule has 0 saturated heterocycles. The molecule has 0 aliphatic heterocycles. The molecule has 0 aliphatic rings. The van der Waals surface area contributed by atoms with E-state index in [0.717, 1.165) is 16.9 Å². The van der Waals surface area contributed by atoms with Gasteiger partial charge >= 0.3 is 27.2 Å². The molecule has 3 aromatic carbocycles. The maximum Gasteiger partial charge on any atom is 0.357 e. The number of esters is 1. The zero-order chi connectivity index (χ0) is 21.3. The first-order valence-corrected chi connectivity index (χ1v) is 11.6. The molecule has 6 heteroatoms. The second-order valence-corrected chi connectivity index (χ2v) is 9.57. The topological polar surface area (TPSA) is 54.0 Å². The molecule has 3 aromatic rings. The average Bonchev–Trinajstić information content (AvgIpc) is 2.75. The van der Waals surface area contributed by atoms with Gasteiger partial charge in [0.15, 0.2) is 20.5 Å². The third kappa shape index (κ3) is 6.47. The van der Waals surface area contributed by atoms with Crippen LogP contribution in [-0.2, 0) is 14.3 Å². The highest BCUT2D eigenvalue weighted by Crippen LogP contribution is 2.29. The number of methoxy groups -OCH3 is 1. The van der Waals surface area contributed by atoms with Crippen molar-refractivity contribution in [3.05, 3.63) is 85.0 Å². The van der Waals surface area contributed by atoms with E-state index in [4.69, 9.17) is 14.2 Å². The van der Waals surface area contributed by atoms with Gasteiger partial charge in [0.25, 0.3) is 0 Å². The number of carbonyl (C=O) groups excluding carboxylic acids is 1. The lowest BCUT2D eigenvalue weighted by atomic mass is 10.1. The third-order valence-corrected chi connectivity index (χ3v) is 6.70. The summed E-state index contributed by atoms with van der Waals surface area (Å²) in [4.78, 5) is 11.5. The van der Waals surface area contributed by atoms with E-state index in [2.05, 4.69) is 55.0 Å². The Kier molecular flexibility index (Phi) is 8.10. The fourth-order valence-electron chi connectivity index (χ4n) is 2.75. The number of carbonyl (C=O) groups is 1. The molecule has 0 radical (unpaired) electrons. The molecule has 30 heavy (non-hydrogen) atoms. The van der Waals surface area contributed by atoms with Gasteiger partial charge < -0.3 is 18.9 Å². The lowest BCUT2D eigenvalue weighted by Crippen LogP contribution is -3.61. The maximum atomic E-state index is 11.5. The highest BCUT2D eigenvalue weighted by atomic mass is 127. The summed E-state index contributed by atoms with van der Waals surface area (Å²) in [5.74, 6) is 1.66. The molecule has 0 saturated carbocycles. The van der Waals surface area contributed by atoms with Crippen molar-refractivity contribution in [1.29, 1.82) is 0 Å². The number of aryl methyl sites for hydroxylation is 2. The van der Waals surface area contributed by atoms with Crippen LogP contribution >= 0.6 is 0 Å². The molecule has 0 spiro atoms. The fraction of sp³-hybridized carbons (Fsp3) is 0.208. The summed E-state index contributed by atoms with van der Waals surface area (Å²) in [6, 6.07) is 22.2. The van der Waals surface area contributed by atoms with Crippen molar-refractivity contribution >= 4 is 5.97 Å². The zero-order valence-electron chi connectivity index (χ0n) is 17.2. The van der Waals surface area contributed by atoms with Crippen LogP contribution in [-0.4, -0.2) is 26.5 Å². The van der Waals surface area contributed by atoms with E-state index in [1.54, 1.807) is 12.1 Å². The summed E-state index contributed by atoms with van der Waals surface area (Å²) in [5.41, 5.74) is 2.23. The molecule has 3 rings (SSSR count). The predicted molar refractivity (Wildman–Crippen MR) is 110 cm³/mol. The van der Waals surface area contributed by atoms with Crippen LogP contribution in [0.2, 0.25) is 0 Å². The van der Waals surface area contributed by atoms with Crippen LogP contribution in [0.5, 0.6) is 17.2 Å². The van der Waals surface area contributed by atoms with Gasteiger partial charge in [-0.15, -0.1) is 0 Å². The summed E-state index contributed by atoms with van der Waals surface area (Å²) in [6.45, 7) is 3.89. The normalized spacial score (nSPS) is 10.5. The van der Waals surface area contributed by atoms with Crippen molar-refractivity contribution in [1.82, 2.24) is 0 Å². The zero-order valence-corrected chi connectivity index (χ0v) is 19.3. The minimum atomic E-state index is -0.484. The van der Waals surface area contributed by atoms with Crippen LogP contribution in [0.25, 0.3) is 0 Å². The Hall–Kier alpha value is -2.58. The van der Waals surface area contributed by atoms with Crippen molar-refractivity contribution in [3.63, 3.8) is 0 Å². The first kappa shape index (κ1) is 22.1. The van der Waals surface area contributed by atoms with E-state index in [0.29, 0.717) is 11.5 Å². The molecule has 0 aromatic heterocycles. The number of halogens is 1. The van der Waals surface area contributed by atoms with E-state index >= 15 is 0 Å². The van der Waals surface area contributed by atoms with Crippen LogP contribution in [0, 0.1) is 21.0 Å². The van der Waals surface area contributed by atoms with E-state index in [1.807, 2.05) is 18.2 Å². The minimum absolute atomic E-state index is 0.0835. The van der Waals surface area contributed by atoms with Gasteiger partial charge in [-0.05, 0) is 73.5 Å². The second-order valence-electron chi connectivity index (χ2n) is 6.54. The maximum absolute atomic E-state index is 11.5. The van der Waals surface area contributed by atoms with Crippen LogP contribution < -0.4 is 30.7 Å². The Morgan fingerprint density at radius 1 is 0.867 bits per heavy atom.